The van der Waals surface area contributed by atoms with Crippen molar-refractivity contribution in [3.63, 3.8) is 0 Å². The van der Waals surface area contributed by atoms with Gasteiger partial charge in [-0.05, 0) is 49.1 Å². The number of carbonyl (C=O) groups excluding carboxylic acids is 1. The summed E-state index contributed by atoms with van der Waals surface area (Å²) in [5, 5.41) is 2.97. The van der Waals surface area contributed by atoms with E-state index in [9.17, 15) is 4.79 Å². The highest BCUT2D eigenvalue weighted by atomic mass is 16.5. The lowest BCUT2D eigenvalue weighted by Crippen LogP contribution is -2.23. The molecule has 1 N–H and O–H groups in total. The zero-order valence-electron chi connectivity index (χ0n) is 14.5. The Morgan fingerprint density at radius 2 is 1.96 bits per heavy atom. The third kappa shape index (κ3) is 5.48. The number of pyridine rings is 1. The molecule has 5 heteroatoms. The van der Waals surface area contributed by atoms with Gasteiger partial charge in [0.25, 0.3) is 0 Å². The first-order valence-electron chi connectivity index (χ1n) is 8.96. The van der Waals surface area contributed by atoms with Crippen LogP contribution in [-0.2, 0) is 11.3 Å². The molecule has 1 saturated heterocycles. The predicted octanol–water partition coefficient (Wildman–Crippen LogP) is 3.16. The topological polar surface area (TPSA) is 54.5 Å². The van der Waals surface area contributed by atoms with E-state index in [2.05, 4.69) is 21.3 Å². The first kappa shape index (κ1) is 17.3. The molecule has 25 heavy (non-hydrogen) atoms. The van der Waals surface area contributed by atoms with Crippen molar-refractivity contribution in [1.82, 2.24) is 10.3 Å². The molecule has 1 amide bonds. The highest BCUT2D eigenvalue weighted by Crippen LogP contribution is 2.18. The van der Waals surface area contributed by atoms with Crippen LogP contribution in [0, 0.1) is 0 Å². The second kappa shape index (κ2) is 9.06. The number of carbonyl (C=O) groups is 1. The molecule has 3 rings (SSSR count). The van der Waals surface area contributed by atoms with Gasteiger partial charge in [-0.15, -0.1) is 0 Å². The molecule has 0 saturated carbocycles. The lowest BCUT2D eigenvalue weighted by molar-refractivity contribution is -0.121. The maximum atomic E-state index is 12.0. The van der Waals surface area contributed by atoms with E-state index < -0.39 is 0 Å². The number of para-hydroxylation sites is 1. The second-order valence-corrected chi connectivity index (χ2v) is 6.26. The molecule has 0 aliphatic carbocycles. The van der Waals surface area contributed by atoms with Gasteiger partial charge in [0.2, 0.25) is 5.91 Å². The van der Waals surface area contributed by atoms with Crippen LogP contribution in [0.3, 0.4) is 0 Å². The van der Waals surface area contributed by atoms with E-state index in [1.807, 2.05) is 42.6 Å². The summed E-state index contributed by atoms with van der Waals surface area (Å²) in [6, 6.07) is 13.7. The van der Waals surface area contributed by atoms with Crippen LogP contribution in [0.2, 0.25) is 0 Å². The van der Waals surface area contributed by atoms with Gasteiger partial charge in [-0.3, -0.25) is 4.79 Å². The summed E-state index contributed by atoms with van der Waals surface area (Å²) in [4.78, 5) is 18.7. The van der Waals surface area contributed by atoms with Crippen molar-refractivity contribution in [2.24, 2.45) is 0 Å². The standard InChI is InChI=1S/C20H25N3O2/c24-20(9-6-14-25-18-7-2-1-3-8-18)22-16-17-10-11-21-19(15-17)23-12-4-5-13-23/h1-3,7-8,10-11,15H,4-6,9,12-14,16H2,(H,22,24). The second-order valence-electron chi connectivity index (χ2n) is 6.26. The Bertz CT molecular complexity index is 670. The van der Waals surface area contributed by atoms with E-state index in [0.29, 0.717) is 26.0 Å². The Labute approximate surface area is 149 Å². The Morgan fingerprint density at radius 1 is 1.16 bits per heavy atom. The van der Waals surface area contributed by atoms with Crippen molar-refractivity contribution in [2.45, 2.75) is 32.2 Å². The van der Waals surface area contributed by atoms with Crippen molar-refractivity contribution in [3.8, 4) is 5.75 Å². The summed E-state index contributed by atoms with van der Waals surface area (Å²) in [6.45, 7) is 3.24. The average Bonchev–Trinajstić information content (AvgIpc) is 3.19. The number of hydrogen-bond donors (Lipinski definition) is 1. The SMILES string of the molecule is O=C(CCCOc1ccccc1)NCc1ccnc(N2CCCC2)c1. The molecule has 0 atom stereocenters. The van der Waals surface area contributed by atoms with Crippen LogP contribution in [0.5, 0.6) is 5.75 Å². The minimum atomic E-state index is 0.0520. The molecule has 2 aromatic rings. The van der Waals surface area contributed by atoms with Gasteiger partial charge in [0.1, 0.15) is 11.6 Å². The molecule has 132 valence electrons. The first-order chi connectivity index (χ1) is 12.3. The van der Waals surface area contributed by atoms with E-state index in [0.717, 1.165) is 30.2 Å². The Morgan fingerprint density at radius 3 is 2.76 bits per heavy atom. The maximum Gasteiger partial charge on any atom is 0.220 e. The molecule has 0 spiro atoms. The van der Waals surface area contributed by atoms with Crippen molar-refractivity contribution < 1.29 is 9.53 Å². The number of benzene rings is 1. The number of nitrogens with zero attached hydrogens (tertiary/aromatic N) is 2. The molecule has 1 aliphatic heterocycles. The molecule has 1 aliphatic rings. The summed E-state index contributed by atoms with van der Waals surface area (Å²) < 4.78 is 5.60. The van der Waals surface area contributed by atoms with Gasteiger partial charge >= 0.3 is 0 Å². The molecule has 1 fully saturated rings. The lowest BCUT2D eigenvalue weighted by atomic mass is 10.2. The highest BCUT2D eigenvalue weighted by Gasteiger charge is 2.13. The quantitative estimate of drug-likeness (QED) is 0.751. The van der Waals surface area contributed by atoms with Gasteiger partial charge in [-0.1, -0.05) is 18.2 Å². The average molecular weight is 339 g/mol. The van der Waals surface area contributed by atoms with E-state index >= 15 is 0 Å². The molecule has 0 bridgehead atoms. The van der Waals surface area contributed by atoms with E-state index in [4.69, 9.17) is 4.74 Å². The summed E-state index contributed by atoms with van der Waals surface area (Å²) in [5.74, 6) is 1.91. The molecule has 5 nitrogen and oxygen atoms in total. The van der Waals surface area contributed by atoms with E-state index in [1.165, 1.54) is 12.8 Å². The molecular weight excluding hydrogens is 314 g/mol. The lowest BCUT2D eigenvalue weighted by Gasteiger charge is -2.17. The Balaban J connectivity index is 1.36. The van der Waals surface area contributed by atoms with Gasteiger partial charge in [0.15, 0.2) is 0 Å². The zero-order valence-corrected chi connectivity index (χ0v) is 14.5. The summed E-state index contributed by atoms with van der Waals surface area (Å²) in [5.41, 5.74) is 1.09. The van der Waals surface area contributed by atoms with Crippen molar-refractivity contribution in [3.05, 3.63) is 54.2 Å². The van der Waals surface area contributed by atoms with Crippen LogP contribution in [-0.4, -0.2) is 30.6 Å². The number of hydrogen-bond acceptors (Lipinski definition) is 4. The number of aromatic nitrogens is 1. The number of amides is 1. The minimum absolute atomic E-state index is 0.0520. The first-order valence-corrected chi connectivity index (χ1v) is 8.96. The van der Waals surface area contributed by atoms with Gasteiger partial charge in [0, 0.05) is 32.3 Å². The maximum absolute atomic E-state index is 12.0. The van der Waals surface area contributed by atoms with Crippen molar-refractivity contribution in [2.75, 3.05) is 24.6 Å². The molecule has 1 aromatic heterocycles. The third-order valence-corrected chi connectivity index (χ3v) is 4.29. The van der Waals surface area contributed by atoms with E-state index in [-0.39, 0.29) is 5.91 Å². The van der Waals surface area contributed by atoms with Crippen molar-refractivity contribution in [1.29, 1.82) is 0 Å². The Hall–Kier alpha value is -2.56. The number of anilines is 1. The fraction of sp³-hybridized carbons (Fsp3) is 0.400. The molecular formula is C20H25N3O2. The van der Waals surface area contributed by atoms with Crippen molar-refractivity contribution >= 4 is 11.7 Å². The summed E-state index contributed by atoms with van der Waals surface area (Å²) in [7, 11) is 0. The minimum Gasteiger partial charge on any atom is -0.494 e. The number of rotatable bonds is 8. The summed E-state index contributed by atoms with van der Waals surface area (Å²) >= 11 is 0. The van der Waals surface area contributed by atoms with Crippen LogP contribution in [0.15, 0.2) is 48.7 Å². The molecule has 0 unspecified atom stereocenters. The predicted molar refractivity (Wildman–Crippen MR) is 98.7 cm³/mol. The van der Waals surface area contributed by atoms with Crippen LogP contribution >= 0.6 is 0 Å². The fourth-order valence-corrected chi connectivity index (χ4v) is 2.92. The van der Waals surface area contributed by atoms with Crippen LogP contribution in [0.1, 0.15) is 31.2 Å². The van der Waals surface area contributed by atoms with Crippen LogP contribution < -0.4 is 15.0 Å². The van der Waals surface area contributed by atoms with Gasteiger partial charge < -0.3 is 15.0 Å². The van der Waals surface area contributed by atoms with Crippen LogP contribution in [0.4, 0.5) is 5.82 Å². The normalized spacial score (nSPS) is 13.7. The van der Waals surface area contributed by atoms with Gasteiger partial charge in [-0.2, -0.15) is 0 Å². The molecule has 0 radical (unpaired) electrons. The highest BCUT2D eigenvalue weighted by molar-refractivity contribution is 5.75. The Kier molecular flexibility index (Phi) is 6.26. The fourth-order valence-electron chi connectivity index (χ4n) is 2.92. The number of nitrogens with one attached hydrogen (secondary N) is 1. The zero-order chi connectivity index (χ0) is 17.3. The smallest absolute Gasteiger partial charge is 0.220 e. The molecule has 1 aromatic carbocycles. The van der Waals surface area contributed by atoms with Crippen LogP contribution in [0.25, 0.3) is 0 Å². The largest absolute Gasteiger partial charge is 0.494 e. The monoisotopic (exact) mass is 339 g/mol. The summed E-state index contributed by atoms with van der Waals surface area (Å²) in [6.07, 6.45) is 5.46. The third-order valence-electron chi connectivity index (χ3n) is 4.29. The van der Waals surface area contributed by atoms with Gasteiger partial charge in [-0.25, -0.2) is 4.98 Å². The molecule has 2 heterocycles. The van der Waals surface area contributed by atoms with E-state index in [1.54, 1.807) is 0 Å². The number of ether oxygens (including phenoxy) is 1. The van der Waals surface area contributed by atoms with Gasteiger partial charge in [0.05, 0.1) is 6.61 Å².